The average Bonchev–Trinajstić information content (AvgIpc) is 1.98. The van der Waals surface area contributed by atoms with Crippen molar-refractivity contribution in [1.82, 2.24) is 0 Å². The van der Waals surface area contributed by atoms with Gasteiger partial charge in [-0.2, -0.15) is 0 Å². The summed E-state index contributed by atoms with van der Waals surface area (Å²) in [7, 11) is 0. The van der Waals surface area contributed by atoms with Gasteiger partial charge in [-0.15, -0.1) is 0 Å². The van der Waals surface area contributed by atoms with Crippen LogP contribution in [0.2, 0.25) is 0 Å². The van der Waals surface area contributed by atoms with E-state index in [0.29, 0.717) is 5.92 Å². The molecule has 3 atom stereocenters. The van der Waals surface area contributed by atoms with Crippen molar-refractivity contribution in [1.29, 1.82) is 0 Å². The van der Waals surface area contributed by atoms with Crippen molar-refractivity contribution >= 4 is 0 Å². The first-order valence-corrected chi connectivity index (χ1v) is 3.40. The zero-order chi connectivity index (χ0) is 6.15. The van der Waals surface area contributed by atoms with Gasteiger partial charge in [-0.25, -0.2) is 0 Å². The lowest BCUT2D eigenvalue weighted by Crippen LogP contribution is -2.12. The quantitative estimate of drug-likeness (QED) is 0.505. The topological polar surface area (TPSA) is 20.2 Å². The second kappa shape index (κ2) is 2.06. The van der Waals surface area contributed by atoms with Crippen LogP contribution in [-0.2, 0) is 0 Å². The van der Waals surface area contributed by atoms with Gasteiger partial charge in [0, 0.05) is 0 Å². The fourth-order valence-electron chi connectivity index (χ4n) is 1.34. The summed E-state index contributed by atoms with van der Waals surface area (Å²) in [6.07, 6.45) is 2.22. The van der Waals surface area contributed by atoms with Crippen molar-refractivity contribution in [3.8, 4) is 0 Å². The Morgan fingerprint density at radius 2 is 1.88 bits per heavy atom. The highest BCUT2D eigenvalue weighted by Gasteiger charge is 2.27. The summed E-state index contributed by atoms with van der Waals surface area (Å²) in [5.74, 6) is 1.28. The smallest absolute Gasteiger partial charge is 0.0568 e. The molecule has 0 amide bonds. The molecule has 0 aromatic heterocycles. The van der Waals surface area contributed by atoms with Gasteiger partial charge in [-0.1, -0.05) is 13.8 Å². The minimum absolute atomic E-state index is 0.00926. The largest absolute Gasteiger partial charge is 0.393 e. The molecule has 0 heterocycles. The van der Waals surface area contributed by atoms with Crippen LogP contribution < -0.4 is 0 Å². The summed E-state index contributed by atoms with van der Waals surface area (Å²) in [6.45, 7) is 4.34. The molecule has 0 radical (unpaired) electrons. The summed E-state index contributed by atoms with van der Waals surface area (Å²) in [5, 5.41) is 9.17. The monoisotopic (exact) mass is 114 g/mol. The van der Waals surface area contributed by atoms with E-state index >= 15 is 0 Å². The van der Waals surface area contributed by atoms with Crippen molar-refractivity contribution in [2.75, 3.05) is 0 Å². The predicted molar refractivity (Wildman–Crippen MR) is 33.6 cm³/mol. The summed E-state index contributed by atoms with van der Waals surface area (Å²) < 4.78 is 0. The van der Waals surface area contributed by atoms with Crippen molar-refractivity contribution in [3.05, 3.63) is 0 Å². The van der Waals surface area contributed by atoms with E-state index in [1.807, 2.05) is 0 Å². The lowest BCUT2D eigenvalue weighted by Gasteiger charge is -2.10. The number of hydrogen-bond donors (Lipinski definition) is 1. The Kier molecular flexibility index (Phi) is 1.57. The predicted octanol–water partition coefficient (Wildman–Crippen LogP) is 1.41. The van der Waals surface area contributed by atoms with Crippen LogP contribution >= 0.6 is 0 Å². The van der Waals surface area contributed by atoms with Crippen LogP contribution in [0.5, 0.6) is 0 Å². The van der Waals surface area contributed by atoms with Crippen LogP contribution in [0.1, 0.15) is 26.7 Å². The van der Waals surface area contributed by atoms with Gasteiger partial charge in [-0.05, 0) is 24.7 Å². The molecule has 1 aliphatic rings. The molecule has 0 saturated heterocycles. The molecule has 0 bridgehead atoms. The van der Waals surface area contributed by atoms with Crippen LogP contribution in [0, 0.1) is 11.8 Å². The first-order chi connectivity index (χ1) is 3.72. The molecule has 1 heteroatoms. The molecule has 0 aromatic carbocycles. The fourth-order valence-corrected chi connectivity index (χ4v) is 1.34. The van der Waals surface area contributed by atoms with Gasteiger partial charge in [0.05, 0.1) is 6.10 Å². The Balaban J connectivity index is 2.44. The Hall–Kier alpha value is -0.0400. The molecule has 48 valence electrons. The number of aliphatic hydroxyl groups excluding tert-OH is 1. The number of hydrogen-bond acceptors (Lipinski definition) is 1. The van der Waals surface area contributed by atoms with Crippen LogP contribution in [0.4, 0.5) is 0 Å². The molecular formula is C7H14O. The summed E-state index contributed by atoms with van der Waals surface area (Å²) in [5.41, 5.74) is 0. The maximum absolute atomic E-state index is 9.17. The number of rotatable bonds is 0. The third kappa shape index (κ3) is 0.873. The lowest BCUT2D eigenvalue weighted by atomic mass is 10.00. The van der Waals surface area contributed by atoms with Crippen LogP contribution in [0.3, 0.4) is 0 Å². The third-order valence-corrected chi connectivity index (χ3v) is 2.42. The average molecular weight is 114 g/mol. The highest BCUT2D eigenvalue weighted by molar-refractivity contribution is 4.78. The summed E-state index contributed by atoms with van der Waals surface area (Å²) >= 11 is 0. The standard InChI is InChI=1S/C7H14O/c1-5-3-4-7(8)6(5)2/h5-8H,3-4H2,1-2H3/t5-,6+,7-/m0/s1. The van der Waals surface area contributed by atoms with E-state index in [1.54, 1.807) is 0 Å². The van der Waals surface area contributed by atoms with Crippen LogP contribution in [-0.4, -0.2) is 11.2 Å². The first-order valence-electron chi connectivity index (χ1n) is 3.40. The van der Waals surface area contributed by atoms with E-state index in [1.165, 1.54) is 6.42 Å². The van der Waals surface area contributed by atoms with E-state index in [-0.39, 0.29) is 6.10 Å². The van der Waals surface area contributed by atoms with Crippen molar-refractivity contribution in [2.45, 2.75) is 32.8 Å². The molecule has 1 rings (SSSR count). The van der Waals surface area contributed by atoms with Gasteiger partial charge in [0.15, 0.2) is 0 Å². The van der Waals surface area contributed by atoms with Crippen molar-refractivity contribution < 1.29 is 5.11 Å². The Morgan fingerprint density at radius 3 is 2.00 bits per heavy atom. The normalized spacial score (nSPS) is 47.6. The lowest BCUT2D eigenvalue weighted by molar-refractivity contribution is 0.130. The molecule has 1 aliphatic carbocycles. The van der Waals surface area contributed by atoms with E-state index in [9.17, 15) is 0 Å². The second-order valence-corrected chi connectivity index (χ2v) is 2.98. The summed E-state index contributed by atoms with van der Waals surface area (Å²) in [6, 6.07) is 0. The first kappa shape index (κ1) is 6.09. The van der Waals surface area contributed by atoms with E-state index in [0.717, 1.165) is 12.3 Å². The number of aliphatic hydroxyl groups is 1. The molecule has 1 fully saturated rings. The molecule has 0 spiro atoms. The van der Waals surface area contributed by atoms with Gasteiger partial charge in [0.25, 0.3) is 0 Å². The maximum Gasteiger partial charge on any atom is 0.0568 e. The van der Waals surface area contributed by atoms with Gasteiger partial charge in [0.2, 0.25) is 0 Å². The zero-order valence-electron chi connectivity index (χ0n) is 5.59. The molecule has 1 N–H and O–H groups in total. The molecule has 1 nitrogen and oxygen atoms in total. The molecular weight excluding hydrogens is 100 g/mol. The maximum atomic E-state index is 9.17. The SMILES string of the molecule is C[C@@H]1[C@@H](C)CC[C@@H]1O. The van der Waals surface area contributed by atoms with E-state index in [4.69, 9.17) is 5.11 Å². The van der Waals surface area contributed by atoms with E-state index < -0.39 is 0 Å². The molecule has 8 heavy (non-hydrogen) atoms. The minimum atomic E-state index is -0.00926. The molecule has 1 saturated carbocycles. The van der Waals surface area contributed by atoms with Gasteiger partial charge < -0.3 is 5.11 Å². The highest BCUT2D eigenvalue weighted by Crippen LogP contribution is 2.30. The Bertz CT molecular complexity index is 70.5. The second-order valence-electron chi connectivity index (χ2n) is 2.98. The highest BCUT2D eigenvalue weighted by atomic mass is 16.3. The van der Waals surface area contributed by atoms with Gasteiger partial charge >= 0.3 is 0 Å². The Labute approximate surface area is 50.7 Å². The minimum Gasteiger partial charge on any atom is -0.393 e. The third-order valence-electron chi connectivity index (χ3n) is 2.42. The van der Waals surface area contributed by atoms with Crippen molar-refractivity contribution in [3.63, 3.8) is 0 Å². The van der Waals surface area contributed by atoms with Crippen LogP contribution in [0.15, 0.2) is 0 Å². The summed E-state index contributed by atoms with van der Waals surface area (Å²) in [4.78, 5) is 0. The van der Waals surface area contributed by atoms with Gasteiger partial charge in [0.1, 0.15) is 0 Å². The fraction of sp³-hybridized carbons (Fsp3) is 1.00. The molecule has 0 unspecified atom stereocenters. The van der Waals surface area contributed by atoms with Crippen LogP contribution in [0.25, 0.3) is 0 Å². The Morgan fingerprint density at radius 1 is 1.25 bits per heavy atom. The molecule has 0 aliphatic heterocycles. The molecule has 0 aromatic rings. The van der Waals surface area contributed by atoms with Crippen molar-refractivity contribution in [2.24, 2.45) is 11.8 Å². The zero-order valence-corrected chi connectivity index (χ0v) is 5.59. The van der Waals surface area contributed by atoms with Gasteiger partial charge in [-0.3, -0.25) is 0 Å². The van der Waals surface area contributed by atoms with E-state index in [2.05, 4.69) is 13.8 Å².